The van der Waals surface area contributed by atoms with Crippen molar-refractivity contribution in [3.8, 4) is 5.88 Å². The first-order valence-electron chi connectivity index (χ1n) is 5.68. The number of nitrogen functional groups attached to an aromatic ring is 1. The van der Waals surface area contributed by atoms with Crippen molar-refractivity contribution < 1.29 is 4.74 Å². The van der Waals surface area contributed by atoms with Crippen LogP contribution in [0.5, 0.6) is 5.88 Å². The Kier molecular flexibility index (Phi) is 4.52. The molecule has 2 rings (SSSR count). The molecule has 0 aliphatic carbocycles. The van der Waals surface area contributed by atoms with Crippen LogP contribution in [0.2, 0.25) is 0 Å². The average molecular weight is 308 g/mol. The van der Waals surface area contributed by atoms with Crippen LogP contribution < -0.4 is 10.5 Å². The molecule has 0 atom stereocenters. The molecule has 0 amide bonds. The SMILES string of the molecule is Nc1cc(Br)cnc1OCCCc1ccncc1. The number of anilines is 1. The molecule has 2 aromatic heterocycles. The van der Waals surface area contributed by atoms with Crippen molar-refractivity contribution >= 4 is 21.6 Å². The first-order chi connectivity index (χ1) is 8.75. The van der Waals surface area contributed by atoms with Gasteiger partial charge in [0, 0.05) is 23.1 Å². The maximum atomic E-state index is 5.79. The third kappa shape index (κ3) is 3.70. The van der Waals surface area contributed by atoms with Gasteiger partial charge < -0.3 is 10.5 Å². The summed E-state index contributed by atoms with van der Waals surface area (Å²) in [5.74, 6) is 0.493. The van der Waals surface area contributed by atoms with Crippen molar-refractivity contribution in [3.05, 3.63) is 46.8 Å². The van der Waals surface area contributed by atoms with Crippen LogP contribution in [0.1, 0.15) is 12.0 Å². The number of nitrogens with two attached hydrogens (primary N) is 1. The predicted molar refractivity (Wildman–Crippen MR) is 74.4 cm³/mol. The molecule has 0 unspecified atom stereocenters. The highest BCUT2D eigenvalue weighted by Gasteiger charge is 2.02. The van der Waals surface area contributed by atoms with Gasteiger partial charge in [-0.05, 0) is 52.5 Å². The van der Waals surface area contributed by atoms with Crippen LogP contribution in [-0.4, -0.2) is 16.6 Å². The van der Waals surface area contributed by atoms with E-state index in [4.69, 9.17) is 10.5 Å². The van der Waals surface area contributed by atoms with Crippen molar-refractivity contribution in [2.24, 2.45) is 0 Å². The summed E-state index contributed by atoms with van der Waals surface area (Å²) >= 11 is 3.30. The van der Waals surface area contributed by atoms with Crippen LogP contribution in [0.4, 0.5) is 5.69 Å². The Hall–Kier alpha value is -1.62. The quantitative estimate of drug-likeness (QED) is 0.863. The molecule has 0 aliphatic heterocycles. The molecule has 0 fully saturated rings. The van der Waals surface area contributed by atoms with Gasteiger partial charge in [-0.15, -0.1) is 0 Å². The van der Waals surface area contributed by atoms with E-state index in [0.29, 0.717) is 18.2 Å². The molecular weight excluding hydrogens is 294 g/mol. The van der Waals surface area contributed by atoms with Crippen molar-refractivity contribution in [2.75, 3.05) is 12.3 Å². The molecule has 2 N–H and O–H groups in total. The van der Waals surface area contributed by atoms with Crippen molar-refractivity contribution in [1.29, 1.82) is 0 Å². The van der Waals surface area contributed by atoms with Gasteiger partial charge in [0.1, 0.15) is 0 Å². The summed E-state index contributed by atoms with van der Waals surface area (Å²) in [6.45, 7) is 0.598. The Labute approximate surface area is 114 Å². The summed E-state index contributed by atoms with van der Waals surface area (Å²) < 4.78 is 6.39. The minimum absolute atomic E-state index is 0.493. The van der Waals surface area contributed by atoms with E-state index in [2.05, 4.69) is 25.9 Å². The predicted octanol–water partition coefficient (Wildman–Crippen LogP) is 2.83. The molecule has 18 heavy (non-hydrogen) atoms. The zero-order chi connectivity index (χ0) is 12.8. The number of nitrogens with zero attached hydrogens (tertiary/aromatic N) is 2. The lowest BCUT2D eigenvalue weighted by molar-refractivity contribution is 0.301. The molecule has 94 valence electrons. The van der Waals surface area contributed by atoms with Crippen molar-refractivity contribution in [3.63, 3.8) is 0 Å². The first kappa shape index (κ1) is 12.8. The van der Waals surface area contributed by atoms with E-state index in [-0.39, 0.29) is 0 Å². The minimum Gasteiger partial charge on any atom is -0.476 e. The van der Waals surface area contributed by atoms with Crippen LogP contribution in [0.15, 0.2) is 41.3 Å². The second kappa shape index (κ2) is 6.35. The topological polar surface area (TPSA) is 61.0 Å². The number of aryl methyl sites for hydroxylation is 1. The second-order valence-corrected chi connectivity index (χ2v) is 4.77. The summed E-state index contributed by atoms with van der Waals surface area (Å²) in [6.07, 6.45) is 7.14. The fourth-order valence-electron chi connectivity index (χ4n) is 1.56. The summed E-state index contributed by atoms with van der Waals surface area (Å²) in [5, 5.41) is 0. The van der Waals surface area contributed by atoms with E-state index in [9.17, 15) is 0 Å². The van der Waals surface area contributed by atoms with E-state index in [1.54, 1.807) is 24.7 Å². The zero-order valence-electron chi connectivity index (χ0n) is 9.84. The number of aromatic nitrogens is 2. The molecular formula is C13H14BrN3O. The Bertz CT molecular complexity index is 505. The smallest absolute Gasteiger partial charge is 0.237 e. The molecule has 0 saturated carbocycles. The number of ether oxygens (including phenoxy) is 1. The number of pyridine rings is 2. The Morgan fingerprint density at radius 2 is 2.06 bits per heavy atom. The number of halogens is 1. The van der Waals surface area contributed by atoms with Gasteiger partial charge in [0.15, 0.2) is 0 Å². The van der Waals surface area contributed by atoms with Crippen molar-refractivity contribution in [2.45, 2.75) is 12.8 Å². The highest BCUT2D eigenvalue weighted by atomic mass is 79.9. The normalized spacial score (nSPS) is 10.3. The van der Waals surface area contributed by atoms with E-state index in [1.165, 1.54) is 5.56 Å². The van der Waals surface area contributed by atoms with Crippen LogP contribution >= 0.6 is 15.9 Å². The summed E-state index contributed by atoms with van der Waals surface area (Å²) in [6, 6.07) is 5.80. The minimum atomic E-state index is 0.493. The van der Waals surface area contributed by atoms with E-state index in [0.717, 1.165) is 17.3 Å². The molecule has 5 heteroatoms. The van der Waals surface area contributed by atoms with Crippen LogP contribution in [0.3, 0.4) is 0 Å². The van der Waals surface area contributed by atoms with Crippen molar-refractivity contribution in [1.82, 2.24) is 9.97 Å². The highest BCUT2D eigenvalue weighted by Crippen LogP contribution is 2.21. The number of hydrogen-bond donors (Lipinski definition) is 1. The molecule has 4 nitrogen and oxygen atoms in total. The fraction of sp³-hybridized carbons (Fsp3) is 0.231. The summed E-state index contributed by atoms with van der Waals surface area (Å²) in [7, 11) is 0. The largest absolute Gasteiger partial charge is 0.476 e. The van der Waals surface area contributed by atoms with Gasteiger partial charge in [0.2, 0.25) is 5.88 Å². The molecule has 0 spiro atoms. The van der Waals surface area contributed by atoms with Crippen LogP contribution in [0.25, 0.3) is 0 Å². The van der Waals surface area contributed by atoms with Gasteiger partial charge in [0.25, 0.3) is 0 Å². The molecule has 0 bridgehead atoms. The van der Waals surface area contributed by atoms with Gasteiger partial charge in [-0.25, -0.2) is 4.98 Å². The van der Waals surface area contributed by atoms with E-state index in [1.807, 2.05) is 12.1 Å². The Morgan fingerprint density at radius 1 is 1.28 bits per heavy atom. The van der Waals surface area contributed by atoms with Gasteiger partial charge in [0.05, 0.1) is 12.3 Å². The van der Waals surface area contributed by atoms with Crippen LogP contribution in [0, 0.1) is 0 Å². The van der Waals surface area contributed by atoms with E-state index < -0.39 is 0 Å². The molecule has 0 radical (unpaired) electrons. The number of hydrogen-bond acceptors (Lipinski definition) is 4. The Balaban J connectivity index is 1.79. The first-order valence-corrected chi connectivity index (χ1v) is 6.48. The maximum absolute atomic E-state index is 5.79. The molecule has 0 aliphatic rings. The standard InChI is InChI=1S/C13H14BrN3O/c14-11-8-12(15)13(17-9-11)18-7-1-2-10-3-5-16-6-4-10/h3-6,8-9H,1-2,7,15H2. The molecule has 0 saturated heterocycles. The lowest BCUT2D eigenvalue weighted by Gasteiger charge is -2.07. The molecule has 0 aromatic carbocycles. The maximum Gasteiger partial charge on any atom is 0.237 e. The monoisotopic (exact) mass is 307 g/mol. The van der Waals surface area contributed by atoms with Gasteiger partial charge in [-0.3, -0.25) is 4.98 Å². The molecule has 2 heterocycles. The van der Waals surface area contributed by atoms with Crippen LogP contribution in [-0.2, 0) is 6.42 Å². The fourth-order valence-corrected chi connectivity index (χ4v) is 1.91. The van der Waals surface area contributed by atoms with E-state index >= 15 is 0 Å². The average Bonchev–Trinajstić information content (AvgIpc) is 2.38. The third-order valence-corrected chi connectivity index (χ3v) is 2.88. The van der Waals surface area contributed by atoms with Gasteiger partial charge in [-0.2, -0.15) is 0 Å². The summed E-state index contributed by atoms with van der Waals surface area (Å²) in [5.41, 5.74) is 7.59. The Morgan fingerprint density at radius 3 is 2.78 bits per heavy atom. The highest BCUT2D eigenvalue weighted by molar-refractivity contribution is 9.10. The molecule has 2 aromatic rings. The van der Waals surface area contributed by atoms with Gasteiger partial charge >= 0.3 is 0 Å². The summed E-state index contributed by atoms with van der Waals surface area (Å²) in [4.78, 5) is 8.10. The lowest BCUT2D eigenvalue weighted by atomic mass is 10.1. The van der Waals surface area contributed by atoms with Gasteiger partial charge in [-0.1, -0.05) is 0 Å². The second-order valence-electron chi connectivity index (χ2n) is 3.86. The third-order valence-electron chi connectivity index (χ3n) is 2.44. The zero-order valence-corrected chi connectivity index (χ0v) is 11.4. The number of rotatable bonds is 5. The lowest BCUT2D eigenvalue weighted by Crippen LogP contribution is -2.03.